The number of rotatable bonds is 1. The molecule has 0 aliphatic carbocycles. The van der Waals surface area contributed by atoms with Gasteiger partial charge in [-0.25, -0.2) is 9.97 Å². The van der Waals surface area contributed by atoms with Gasteiger partial charge in [0.15, 0.2) is 0 Å². The molecule has 0 atom stereocenters. The molecule has 2 aromatic rings. The third kappa shape index (κ3) is 1.88. The van der Waals surface area contributed by atoms with Crippen LogP contribution < -0.4 is 5.30 Å². The molecular weight excluding hydrogens is 219 g/mol. The summed E-state index contributed by atoms with van der Waals surface area (Å²) in [6.45, 7) is 7.41. The van der Waals surface area contributed by atoms with E-state index in [2.05, 4.69) is 9.97 Å². The minimum atomic E-state index is -2.30. The molecule has 0 fully saturated rings. The average Bonchev–Trinajstić information content (AvgIpc) is 2.16. The van der Waals surface area contributed by atoms with Gasteiger partial charge in [0, 0.05) is 16.9 Å². The smallest absolute Gasteiger partial charge is 0.125 e. The van der Waals surface area contributed by atoms with Gasteiger partial charge in [0.2, 0.25) is 0 Å². The number of nitrogens with zero attached hydrogens (tertiary/aromatic N) is 2. The van der Waals surface area contributed by atoms with E-state index in [4.69, 9.17) is 0 Å². The largest absolute Gasteiger partial charge is 0.319 e. The zero-order valence-electron chi connectivity index (χ0n) is 9.98. The van der Waals surface area contributed by atoms with E-state index < -0.39 is 7.14 Å². The maximum absolute atomic E-state index is 12.3. The van der Waals surface area contributed by atoms with E-state index >= 15 is 0 Å². The van der Waals surface area contributed by atoms with Crippen molar-refractivity contribution >= 4 is 23.3 Å². The lowest BCUT2D eigenvalue weighted by Gasteiger charge is -2.13. The summed E-state index contributed by atoms with van der Waals surface area (Å²) >= 11 is 0. The topological polar surface area (TPSA) is 42.9 Å². The van der Waals surface area contributed by atoms with Crippen molar-refractivity contribution in [1.82, 2.24) is 9.97 Å². The second kappa shape index (κ2) is 3.67. The van der Waals surface area contributed by atoms with Gasteiger partial charge in [-0.15, -0.1) is 0 Å². The second-order valence-corrected chi connectivity index (χ2v) is 7.58. The Hall–Kier alpha value is -1.21. The van der Waals surface area contributed by atoms with Crippen LogP contribution in [0.5, 0.6) is 0 Å². The van der Waals surface area contributed by atoms with Gasteiger partial charge in [0.05, 0.1) is 5.52 Å². The molecule has 16 heavy (non-hydrogen) atoms. The van der Waals surface area contributed by atoms with Crippen LogP contribution in [-0.2, 0) is 4.57 Å². The summed E-state index contributed by atoms with van der Waals surface area (Å²) in [6, 6.07) is 3.93. The number of hydrogen-bond donors (Lipinski definition) is 0. The Kier molecular flexibility index (Phi) is 2.59. The van der Waals surface area contributed by atoms with E-state index in [-0.39, 0.29) is 0 Å². The van der Waals surface area contributed by atoms with Crippen molar-refractivity contribution in [3.8, 4) is 0 Å². The van der Waals surface area contributed by atoms with E-state index in [0.717, 1.165) is 27.6 Å². The molecular formula is C12H15N2OP. The summed E-state index contributed by atoms with van der Waals surface area (Å²) in [6.07, 6.45) is 1.78. The molecule has 1 aromatic carbocycles. The fourth-order valence-corrected chi connectivity index (χ4v) is 3.68. The molecule has 84 valence electrons. The summed E-state index contributed by atoms with van der Waals surface area (Å²) in [5.74, 6) is 0.740. The predicted molar refractivity (Wildman–Crippen MR) is 68.1 cm³/mol. The molecule has 0 bridgehead atoms. The van der Waals surface area contributed by atoms with Gasteiger partial charge in [0.1, 0.15) is 13.0 Å². The number of fused-ring (bicyclic) bond motifs is 1. The van der Waals surface area contributed by atoms with Gasteiger partial charge in [-0.05, 0) is 38.8 Å². The molecule has 1 aromatic heterocycles. The highest BCUT2D eigenvalue weighted by Gasteiger charge is 2.18. The lowest BCUT2D eigenvalue weighted by Crippen LogP contribution is -2.10. The Balaban J connectivity index is 2.91. The lowest BCUT2D eigenvalue weighted by atomic mass is 10.2. The highest BCUT2D eigenvalue weighted by molar-refractivity contribution is 7.70. The maximum atomic E-state index is 12.3. The molecule has 0 amide bonds. The standard InChI is InChI=1S/C12H15N2OP/c1-8-5-6-11-10(7-13-9(2)14-11)12(8)16(3,4)15/h5-7H,1-4H3. The van der Waals surface area contributed by atoms with Gasteiger partial charge in [0.25, 0.3) is 0 Å². The van der Waals surface area contributed by atoms with Crippen molar-refractivity contribution in [2.75, 3.05) is 13.3 Å². The monoisotopic (exact) mass is 234 g/mol. The normalized spacial score (nSPS) is 12.0. The average molecular weight is 234 g/mol. The van der Waals surface area contributed by atoms with E-state index in [0.29, 0.717) is 0 Å². The Morgan fingerprint density at radius 1 is 1.19 bits per heavy atom. The van der Waals surface area contributed by atoms with E-state index in [1.165, 1.54) is 0 Å². The first-order valence-electron chi connectivity index (χ1n) is 5.18. The van der Waals surface area contributed by atoms with Crippen LogP contribution >= 0.6 is 7.14 Å². The van der Waals surface area contributed by atoms with Crippen molar-refractivity contribution in [2.45, 2.75) is 13.8 Å². The van der Waals surface area contributed by atoms with Crippen molar-refractivity contribution in [3.05, 3.63) is 29.7 Å². The summed E-state index contributed by atoms with van der Waals surface area (Å²) in [5.41, 5.74) is 1.92. The van der Waals surface area contributed by atoms with Gasteiger partial charge in [-0.1, -0.05) is 6.07 Å². The number of aryl methyl sites for hydroxylation is 2. The third-order valence-electron chi connectivity index (χ3n) is 2.60. The van der Waals surface area contributed by atoms with E-state index in [9.17, 15) is 4.57 Å². The highest BCUT2D eigenvalue weighted by atomic mass is 31.2. The molecule has 0 aliphatic rings. The van der Waals surface area contributed by atoms with Crippen LogP contribution in [0.25, 0.3) is 10.9 Å². The van der Waals surface area contributed by atoms with E-state index in [1.807, 2.05) is 26.0 Å². The van der Waals surface area contributed by atoms with Crippen LogP contribution in [0.3, 0.4) is 0 Å². The van der Waals surface area contributed by atoms with Gasteiger partial charge in [-0.3, -0.25) is 0 Å². The minimum Gasteiger partial charge on any atom is -0.319 e. The second-order valence-electron chi connectivity index (χ2n) is 4.43. The predicted octanol–water partition coefficient (Wildman–Crippen LogP) is 2.49. The molecule has 0 aliphatic heterocycles. The number of hydrogen-bond acceptors (Lipinski definition) is 3. The Morgan fingerprint density at radius 3 is 2.50 bits per heavy atom. The first-order valence-corrected chi connectivity index (χ1v) is 7.78. The molecule has 0 radical (unpaired) electrons. The van der Waals surface area contributed by atoms with Crippen molar-refractivity contribution in [1.29, 1.82) is 0 Å². The summed E-state index contributed by atoms with van der Waals surface area (Å²) in [4.78, 5) is 8.55. The summed E-state index contributed by atoms with van der Waals surface area (Å²) in [5, 5.41) is 1.82. The first-order chi connectivity index (χ1) is 7.39. The molecule has 1 heterocycles. The Bertz CT molecular complexity index is 601. The van der Waals surface area contributed by atoms with Crippen molar-refractivity contribution in [3.63, 3.8) is 0 Å². The molecule has 0 unspecified atom stereocenters. The quantitative estimate of drug-likeness (QED) is 0.712. The fourth-order valence-electron chi connectivity index (χ4n) is 2.01. The summed E-state index contributed by atoms with van der Waals surface area (Å²) < 4.78 is 12.3. The molecule has 4 heteroatoms. The highest BCUT2D eigenvalue weighted by Crippen LogP contribution is 2.38. The molecule has 3 nitrogen and oxygen atoms in total. The molecule has 2 rings (SSSR count). The molecule has 0 spiro atoms. The fraction of sp³-hybridized carbons (Fsp3) is 0.333. The van der Waals surface area contributed by atoms with Crippen molar-refractivity contribution < 1.29 is 4.57 Å². The molecule has 0 saturated heterocycles. The van der Waals surface area contributed by atoms with Gasteiger partial charge < -0.3 is 4.57 Å². The van der Waals surface area contributed by atoms with Crippen LogP contribution in [-0.4, -0.2) is 23.3 Å². The van der Waals surface area contributed by atoms with Gasteiger partial charge >= 0.3 is 0 Å². The maximum Gasteiger partial charge on any atom is 0.125 e. The Labute approximate surface area is 95.3 Å². The number of aromatic nitrogens is 2. The van der Waals surface area contributed by atoms with Crippen LogP contribution in [0.15, 0.2) is 18.3 Å². The first kappa shape index (κ1) is 11.3. The minimum absolute atomic E-state index is 0.740. The lowest BCUT2D eigenvalue weighted by molar-refractivity contribution is 0.588. The number of benzene rings is 1. The van der Waals surface area contributed by atoms with Crippen LogP contribution in [0, 0.1) is 13.8 Å². The van der Waals surface area contributed by atoms with E-state index in [1.54, 1.807) is 19.5 Å². The van der Waals surface area contributed by atoms with Crippen LogP contribution in [0.1, 0.15) is 11.4 Å². The zero-order chi connectivity index (χ0) is 11.9. The third-order valence-corrected chi connectivity index (χ3v) is 4.27. The SMILES string of the molecule is Cc1ncc2c(P(C)(C)=O)c(C)ccc2n1. The van der Waals surface area contributed by atoms with Crippen LogP contribution in [0.2, 0.25) is 0 Å². The zero-order valence-corrected chi connectivity index (χ0v) is 10.9. The Morgan fingerprint density at radius 2 is 1.88 bits per heavy atom. The summed E-state index contributed by atoms with van der Waals surface area (Å²) in [7, 11) is -2.30. The van der Waals surface area contributed by atoms with Gasteiger partial charge in [-0.2, -0.15) is 0 Å². The molecule has 0 N–H and O–H groups in total. The molecule has 0 saturated carbocycles. The van der Waals surface area contributed by atoms with Crippen LogP contribution in [0.4, 0.5) is 0 Å². The van der Waals surface area contributed by atoms with Crippen molar-refractivity contribution in [2.24, 2.45) is 0 Å².